The summed E-state index contributed by atoms with van der Waals surface area (Å²) in [6.45, 7) is 4.57. The third kappa shape index (κ3) is 4.22. The van der Waals surface area contributed by atoms with E-state index in [1.807, 2.05) is 23.1 Å². The molecule has 1 amide bonds. The monoisotopic (exact) mass is 282 g/mol. The van der Waals surface area contributed by atoms with Gasteiger partial charge in [-0.3, -0.25) is 4.79 Å². The highest BCUT2D eigenvalue weighted by Gasteiger charge is 2.34. The van der Waals surface area contributed by atoms with E-state index in [0.717, 1.165) is 0 Å². The molecule has 0 aromatic heterocycles. The molecule has 2 N–H and O–H groups in total. The van der Waals surface area contributed by atoms with Crippen LogP contribution in [0.15, 0.2) is 30.3 Å². The summed E-state index contributed by atoms with van der Waals surface area (Å²) in [7, 11) is 0. The Labute approximate surface area is 121 Å². The average molecular weight is 283 g/mol. The molecule has 1 aliphatic carbocycles. The topological polar surface area (TPSA) is 46.3 Å². The lowest BCUT2D eigenvalue weighted by atomic mass is 10.1. The van der Waals surface area contributed by atoms with Gasteiger partial charge >= 0.3 is 0 Å². The molecule has 2 rings (SSSR count). The molecule has 1 aromatic carbocycles. The van der Waals surface area contributed by atoms with Crippen LogP contribution >= 0.6 is 12.4 Å². The van der Waals surface area contributed by atoms with E-state index < -0.39 is 6.04 Å². The summed E-state index contributed by atoms with van der Waals surface area (Å²) in [6.07, 6.45) is 2.47. The van der Waals surface area contributed by atoms with Gasteiger partial charge in [0.1, 0.15) is 0 Å². The third-order valence-electron chi connectivity index (χ3n) is 3.66. The van der Waals surface area contributed by atoms with E-state index in [4.69, 9.17) is 5.73 Å². The first-order valence-corrected chi connectivity index (χ1v) is 6.69. The third-order valence-corrected chi connectivity index (χ3v) is 3.66. The van der Waals surface area contributed by atoms with Crippen molar-refractivity contribution in [3.63, 3.8) is 0 Å². The Bertz CT molecular complexity index is 404. The van der Waals surface area contributed by atoms with E-state index in [0.29, 0.717) is 18.5 Å². The minimum Gasteiger partial charge on any atom is -0.334 e. The molecule has 0 saturated heterocycles. The van der Waals surface area contributed by atoms with Gasteiger partial charge in [0.2, 0.25) is 5.91 Å². The predicted octanol–water partition coefficient (Wildman–Crippen LogP) is 2.58. The number of hydrogen-bond donors (Lipinski definition) is 1. The van der Waals surface area contributed by atoms with E-state index in [1.165, 1.54) is 18.4 Å². The van der Waals surface area contributed by atoms with Crippen LogP contribution in [0.2, 0.25) is 0 Å². The predicted molar refractivity (Wildman–Crippen MR) is 80.1 cm³/mol. The second-order valence-electron chi connectivity index (χ2n) is 5.32. The summed E-state index contributed by atoms with van der Waals surface area (Å²) in [5.41, 5.74) is 6.92. The molecule has 0 heterocycles. The maximum absolute atomic E-state index is 12.2. The van der Waals surface area contributed by atoms with Crippen molar-refractivity contribution in [2.45, 2.75) is 45.3 Å². The summed E-state index contributed by atoms with van der Waals surface area (Å²) in [6, 6.07) is 9.99. The number of nitrogens with two attached hydrogens (primary N) is 1. The highest BCUT2D eigenvalue weighted by Crippen LogP contribution is 2.35. The summed E-state index contributed by atoms with van der Waals surface area (Å²) >= 11 is 0. The Morgan fingerprint density at radius 2 is 1.89 bits per heavy atom. The molecule has 2 unspecified atom stereocenters. The first-order valence-electron chi connectivity index (χ1n) is 6.69. The van der Waals surface area contributed by atoms with Gasteiger partial charge in [0.05, 0.1) is 6.04 Å². The zero-order chi connectivity index (χ0) is 13.1. The van der Waals surface area contributed by atoms with Crippen molar-refractivity contribution < 1.29 is 4.79 Å². The molecule has 4 heteroatoms. The number of benzene rings is 1. The van der Waals surface area contributed by atoms with Crippen molar-refractivity contribution in [3.8, 4) is 0 Å². The molecule has 2 atom stereocenters. The van der Waals surface area contributed by atoms with Crippen LogP contribution < -0.4 is 5.73 Å². The number of amides is 1. The summed E-state index contributed by atoms with van der Waals surface area (Å²) < 4.78 is 0. The Morgan fingerprint density at radius 1 is 1.32 bits per heavy atom. The number of hydrogen-bond acceptors (Lipinski definition) is 2. The van der Waals surface area contributed by atoms with Crippen LogP contribution in [-0.2, 0) is 11.3 Å². The van der Waals surface area contributed by atoms with Crippen molar-refractivity contribution in [2.24, 2.45) is 11.7 Å². The summed E-state index contributed by atoms with van der Waals surface area (Å²) in [4.78, 5) is 14.2. The number of rotatable bonds is 5. The molecule has 0 bridgehead atoms. The van der Waals surface area contributed by atoms with E-state index in [1.54, 1.807) is 6.92 Å². The van der Waals surface area contributed by atoms with Crippen LogP contribution in [0, 0.1) is 5.92 Å². The molecule has 19 heavy (non-hydrogen) atoms. The average Bonchev–Trinajstić information content (AvgIpc) is 3.19. The zero-order valence-corrected chi connectivity index (χ0v) is 12.4. The zero-order valence-electron chi connectivity index (χ0n) is 11.6. The molecular formula is C15H23ClN2O. The van der Waals surface area contributed by atoms with E-state index >= 15 is 0 Å². The molecule has 1 fully saturated rings. The molecule has 106 valence electrons. The van der Waals surface area contributed by atoms with Crippen LogP contribution in [-0.4, -0.2) is 22.9 Å². The second-order valence-corrected chi connectivity index (χ2v) is 5.32. The van der Waals surface area contributed by atoms with Crippen LogP contribution in [0.25, 0.3) is 0 Å². The molecule has 3 nitrogen and oxygen atoms in total. The Hall–Kier alpha value is -1.06. The fourth-order valence-electron chi connectivity index (χ4n) is 2.30. The van der Waals surface area contributed by atoms with Crippen molar-refractivity contribution in [3.05, 3.63) is 35.9 Å². The Kier molecular flexibility index (Phi) is 5.83. The second kappa shape index (κ2) is 6.92. The van der Waals surface area contributed by atoms with Gasteiger partial charge in [-0.25, -0.2) is 0 Å². The lowest BCUT2D eigenvalue weighted by Crippen LogP contribution is -2.46. The van der Waals surface area contributed by atoms with Gasteiger partial charge in [-0.2, -0.15) is 0 Å². The van der Waals surface area contributed by atoms with Crippen molar-refractivity contribution in [1.29, 1.82) is 0 Å². The molecule has 0 aliphatic heterocycles. The van der Waals surface area contributed by atoms with Crippen LogP contribution in [0.4, 0.5) is 0 Å². The first kappa shape index (κ1) is 16.0. The number of nitrogens with zero attached hydrogens (tertiary/aromatic N) is 1. The number of carbonyl (C=O) groups is 1. The van der Waals surface area contributed by atoms with Gasteiger partial charge in [0, 0.05) is 12.6 Å². The SMILES string of the molecule is CC(N)C(=O)N(Cc1ccccc1)C(C)C1CC1.Cl. The number of halogens is 1. The largest absolute Gasteiger partial charge is 0.334 e. The highest BCUT2D eigenvalue weighted by atomic mass is 35.5. The lowest BCUT2D eigenvalue weighted by molar-refractivity contribution is -0.135. The van der Waals surface area contributed by atoms with E-state index in [2.05, 4.69) is 19.1 Å². The van der Waals surface area contributed by atoms with Gasteiger partial charge < -0.3 is 10.6 Å². The van der Waals surface area contributed by atoms with Crippen molar-refractivity contribution in [2.75, 3.05) is 0 Å². The summed E-state index contributed by atoms with van der Waals surface area (Å²) in [5.74, 6) is 0.717. The van der Waals surface area contributed by atoms with E-state index in [9.17, 15) is 4.79 Å². The number of carbonyl (C=O) groups excluding carboxylic acids is 1. The molecule has 1 saturated carbocycles. The molecule has 1 aromatic rings. The van der Waals surface area contributed by atoms with Gasteiger partial charge in [0.25, 0.3) is 0 Å². The van der Waals surface area contributed by atoms with Crippen LogP contribution in [0.5, 0.6) is 0 Å². The Balaban J connectivity index is 0.00000180. The van der Waals surface area contributed by atoms with Gasteiger partial charge in [0.15, 0.2) is 0 Å². The lowest BCUT2D eigenvalue weighted by Gasteiger charge is -2.31. The maximum Gasteiger partial charge on any atom is 0.239 e. The minimum absolute atomic E-state index is 0. The van der Waals surface area contributed by atoms with Crippen molar-refractivity contribution >= 4 is 18.3 Å². The van der Waals surface area contributed by atoms with Gasteiger partial charge in [-0.05, 0) is 38.2 Å². The quantitative estimate of drug-likeness (QED) is 0.902. The van der Waals surface area contributed by atoms with Gasteiger partial charge in [-0.15, -0.1) is 12.4 Å². The normalized spacial score (nSPS) is 17.2. The van der Waals surface area contributed by atoms with Crippen molar-refractivity contribution in [1.82, 2.24) is 4.90 Å². The van der Waals surface area contributed by atoms with Crippen LogP contribution in [0.3, 0.4) is 0 Å². The minimum atomic E-state index is -0.421. The van der Waals surface area contributed by atoms with Gasteiger partial charge in [-0.1, -0.05) is 30.3 Å². The molecular weight excluding hydrogens is 260 g/mol. The fraction of sp³-hybridized carbons (Fsp3) is 0.533. The Morgan fingerprint density at radius 3 is 2.37 bits per heavy atom. The first-order chi connectivity index (χ1) is 8.59. The maximum atomic E-state index is 12.2. The highest BCUT2D eigenvalue weighted by molar-refractivity contribution is 5.85. The summed E-state index contributed by atoms with van der Waals surface area (Å²) in [5, 5.41) is 0. The molecule has 0 spiro atoms. The standard InChI is InChI=1S/C15H22N2O.ClH/c1-11(16)15(18)17(12(2)14-8-9-14)10-13-6-4-3-5-7-13;/h3-7,11-12,14H,8-10,16H2,1-2H3;1H. The molecule has 0 radical (unpaired) electrons. The van der Waals surface area contributed by atoms with E-state index in [-0.39, 0.29) is 18.3 Å². The van der Waals surface area contributed by atoms with Crippen LogP contribution in [0.1, 0.15) is 32.3 Å². The molecule has 1 aliphatic rings. The smallest absolute Gasteiger partial charge is 0.239 e. The fourth-order valence-corrected chi connectivity index (χ4v) is 2.30.